The summed E-state index contributed by atoms with van der Waals surface area (Å²) in [5.41, 5.74) is 1.09. The second-order valence-corrected chi connectivity index (χ2v) is 10.6. The summed E-state index contributed by atoms with van der Waals surface area (Å²) in [7, 11) is -2.00. The Kier molecular flexibility index (Phi) is 8.56. The van der Waals surface area contributed by atoms with Crippen LogP contribution in [0.5, 0.6) is 0 Å². The van der Waals surface area contributed by atoms with E-state index >= 15 is 0 Å². The molecule has 0 unspecified atom stereocenters. The monoisotopic (exact) mass is 470 g/mol. The highest BCUT2D eigenvalue weighted by Gasteiger charge is 2.47. The van der Waals surface area contributed by atoms with Crippen molar-refractivity contribution in [3.63, 3.8) is 0 Å². The van der Waals surface area contributed by atoms with Crippen LogP contribution in [-0.2, 0) is 10.0 Å². The SMILES string of the molecule is CC.CN=C(CC(C)(F)F)N=C(C)N1CC2(CCN(S(=O)(=O)c3ccc(C)cc3)CC2)C1. The van der Waals surface area contributed by atoms with E-state index in [-0.39, 0.29) is 11.3 Å². The number of nitrogens with zero attached hydrogens (tertiary/aromatic N) is 4. The van der Waals surface area contributed by atoms with Crippen LogP contribution in [0.25, 0.3) is 0 Å². The number of likely N-dealkylation sites (tertiary alicyclic amines) is 1. The smallest absolute Gasteiger partial charge is 0.252 e. The normalized spacial score (nSPS) is 19.9. The number of aliphatic imine (C=N–C) groups is 2. The van der Waals surface area contributed by atoms with Gasteiger partial charge in [-0.2, -0.15) is 4.31 Å². The van der Waals surface area contributed by atoms with Gasteiger partial charge in [0.1, 0.15) is 11.7 Å². The van der Waals surface area contributed by atoms with Crippen LogP contribution in [0.4, 0.5) is 8.78 Å². The lowest BCUT2D eigenvalue weighted by atomic mass is 9.72. The summed E-state index contributed by atoms with van der Waals surface area (Å²) in [5.74, 6) is -2.02. The number of hydrogen-bond acceptors (Lipinski definition) is 3. The summed E-state index contributed by atoms with van der Waals surface area (Å²) in [5, 5.41) is 0. The molecule has 1 aromatic carbocycles. The first-order valence-electron chi connectivity index (χ1n) is 11.1. The van der Waals surface area contributed by atoms with Crippen molar-refractivity contribution < 1.29 is 17.2 Å². The third-order valence-corrected chi connectivity index (χ3v) is 7.88. The van der Waals surface area contributed by atoms with Crippen molar-refractivity contribution in [2.75, 3.05) is 33.2 Å². The van der Waals surface area contributed by atoms with Gasteiger partial charge in [-0.25, -0.2) is 22.2 Å². The molecular weight excluding hydrogens is 434 g/mol. The lowest BCUT2D eigenvalue weighted by Gasteiger charge is -2.54. The van der Waals surface area contributed by atoms with Crippen molar-refractivity contribution in [2.24, 2.45) is 15.4 Å². The van der Waals surface area contributed by atoms with Gasteiger partial charge in [-0.3, -0.25) is 4.99 Å². The Morgan fingerprint density at radius 1 is 1.12 bits per heavy atom. The molecule has 0 N–H and O–H groups in total. The zero-order valence-corrected chi connectivity index (χ0v) is 20.8. The van der Waals surface area contributed by atoms with Gasteiger partial charge in [0.2, 0.25) is 10.0 Å². The number of aryl methyl sites for hydroxylation is 1. The molecule has 2 heterocycles. The van der Waals surface area contributed by atoms with Gasteiger partial charge in [-0.05, 0) is 45.7 Å². The predicted molar refractivity (Wildman–Crippen MR) is 126 cm³/mol. The minimum absolute atomic E-state index is 0.0638. The summed E-state index contributed by atoms with van der Waals surface area (Å²) >= 11 is 0. The average molecular weight is 471 g/mol. The number of sulfonamides is 1. The highest BCUT2D eigenvalue weighted by molar-refractivity contribution is 7.89. The largest absolute Gasteiger partial charge is 0.359 e. The number of benzene rings is 1. The van der Waals surface area contributed by atoms with Gasteiger partial charge < -0.3 is 4.90 Å². The molecular formula is C23H36F2N4O2S. The van der Waals surface area contributed by atoms with Crippen molar-refractivity contribution in [3.8, 4) is 0 Å². The van der Waals surface area contributed by atoms with Gasteiger partial charge in [0, 0.05) is 38.6 Å². The molecule has 6 nitrogen and oxygen atoms in total. The Morgan fingerprint density at radius 2 is 1.66 bits per heavy atom. The second-order valence-electron chi connectivity index (χ2n) is 8.62. The molecule has 0 atom stereocenters. The molecule has 0 aliphatic carbocycles. The maximum atomic E-state index is 13.3. The van der Waals surface area contributed by atoms with Crippen molar-refractivity contribution in [2.45, 2.75) is 64.7 Å². The van der Waals surface area contributed by atoms with E-state index in [0.717, 1.165) is 38.4 Å². The van der Waals surface area contributed by atoms with Crippen LogP contribution in [0.15, 0.2) is 39.1 Å². The first-order chi connectivity index (χ1) is 14.9. The molecule has 32 heavy (non-hydrogen) atoms. The lowest BCUT2D eigenvalue weighted by Crippen LogP contribution is -2.61. The minimum atomic E-state index is -3.47. The van der Waals surface area contributed by atoms with Crippen LogP contribution in [-0.4, -0.2) is 68.4 Å². The second kappa shape index (κ2) is 10.4. The molecule has 9 heteroatoms. The maximum absolute atomic E-state index is 13.3. The third-order valence-electron chi connectivity index (χ3n) is 5.97. The molecule has 0 radical (unpaired) electrons. The predicted octanol–water partition coefficient (Wildman–Crippen LogP) is 4.60. The number of halogens is 2. The Balaban J connectivity index is 0.00000176. The van der Waals surface area contributed by atoms with Crippen molar-refractivity contribution >= 4 is 21.7 Å². The van der Waals surface area contributed by atoms with Crippen LogP contribution >= 0.6 is 0 Å². The number of amidine groups is 2. The number of alkyl halides is 2. The van der Waals surface area contributed by atoms with Crippen molar-refractivity contribution in [1.29, 1.82) is 0 Å². The van der Waals surface area contributed by atoms with Gasteiger partial charge in [-0.15, -0.1) is 0 Å². The lowest BCUT2D eigenvalue weighted by molar-refractivity contribution is 0.0103. The molecule has 0 saturated carbocycles. The quantitative estimate of drug-likeness (QED) is 0.477. The van der Waals surface area contributed by atoms with Gasteiger partial charge >= 0.3 is 0 Å². The standard InChI is InChI=1S/C21H30F2N4O2S.C2H6/c1-16-5-7-18(8-6-16)30(28,29)27-11-9-21(10-12-27)14-26(15-21)17(2)25-19(24-4)13-20(3,22)23;1-2/h5-8H,9-15H2,1-4H3;1-2H3. The van der Waals surface area contributed by atoms with Crippen LogP contribution in [0.3, 0.4) is 0 Å². The molecule has 2 aliphatic heterocycles. The molecule has 1 aromatic rings. The summed E-state index contributed by atoms with van der Waals surface area (Å²) in [6.45, 7) is 11.1. The van der Waals surface area contributed by atoms with Crippen molar-refractivity contribution in [1.82, 2.24) is 9.21 Å². The summed E-state index contributed by atoms with van der Waals surface area (Å²) < 4.78 is 53.8. The number of hydrogen-bond donors (Lipinski definition) is 0. The summed E-state index contributed by atoms with van der Waals surface area (Å²) in [6, 6.07) is 6.94. The van der Waals surface area contributed by atoms with E-state index < -0.39 is 22.4 Å². The third kappa shape index (κ3) is 6.34. The van der Waals surface area contributed by atoms with Crippen LogP contribution in [0.1, 0.15) is 52.5 Å². The summed E-state index contributed by atoms with van der Waals surface area (Å²) in [6.07, 6.45) is 1.08. The fourth-order valence-electron chi connectivity index (χ4n) is 4.07. The fourth-order valence-corrected chi connectivity index (χ4v) is 5.51. The minimum Gasteiger partial charge on any atom is -0.359 e. The molecule has 3 rings (SSSR count). The van der Waals surface area contributed by atoms with E-state index in [1.807, 2.05) is 39.8 Å². The van der Waals surface area contributed by atoms with Gasteiger partial charge in [0.25, 0.3) is 5.92 Å². The Morgan fingerprint density at radius 3 is 2.12 bits per heavy atom. The van der Waals surface area contributed by atoms with Crippen LogP contribution in [0, 0.1) is 12.3 Å². The molecule has 1 spiro atoms. The van der Waals surface area contributed by atoms with E-state index in [9.17, 15) is 17.2 Å². The molecule has 0 aromatic heterocycles. The highest BCUT2D eigenvalue weighted by atomic mass is 32.2. The average Bonchev–Trinajstić information content (AvgIpc) is 2.72. The highest BCUT2D eigenvalue weighted by Crippen LogP contribution is 2.41. The Bertz CT molecular complexity index is 922. The molecule has 2 saturated heterocycles. The van der Waals surface area contributed by atoms with Gasteiger partial charge in [0.15, 0.2) is 0 Å². The van der Waals surface area contributed by atoms with E-state index in [2.05, 4.69) is 14.9 Å². The van der Waals surface area contributed by atoms with E-state index in [4.69, 9.17) is 0 Å². The molecule has 2 aliphatic rings. The molecule has 0 amide bonds. The first kappa shape index (κ1) is 26.4. The Labute approximate surface area is 191 Å². The van der Waals surface area contributed by atoms with Crippen LogP contribution in [0.2, 0.25) is 0 Å². The Hall–Kier alpha value is -1.87. The van der Waals surface area contributed by atoms with E-state index in [1.54, 1.807) is 16.4 Å². The van der Waals surface area contributed by atoms with E-state index in [1.165, 1.54) is 7.05 Å². The van der Waals surface area contributed by atoms with E-state index in [0.29, 0.717) is 23.8 Å². The summed E-state index contributed by atoms with van der Waals surface area (Å²) in [4.78, 5) is 10.6. The number of piperidine rings is 1. The first-order valence-corrected chi connectivity index (χ1v) is 12.6. The van der Waals surface area contributed by atoms with Gasteiger partial charge in [-0.1, -0.05) is 31.5 Å². The van der Waals surface area contributed by atoms with Crippen molar-refractivity contribution in [3.05, 3.63) is 29.8 Å². The zero-order chi connectivity index (χ0) is 24.2. The maximum Gasteiger partial charge on any atom is 0.252 e. The molecule has 2 fully saturated rings. The fraction of sp³-hybridized carbons (Fsp3) is 0.652. The van der Waals surface area contributed by atoms with Crippen LogP contribution < -0.4 is 0 Å². The van der Waals surface area contributed by atoms with Gasteiger partial charge in [0.05, 0.1) is 11.3 Å². The molecule has 180 valence electrons. The topological polar surface area (TPSA) is 65.3 Å². The molecule has 0 bridgehead atoms. The number of rotatable bonds is 4. The zero-order valence-electron chi connectivity index (χ0n) is 20.0.